The highest BCUT2D eigenvalue weighted by Crippen LogP contribution is 2.37. The SMILES string of the molecule is CCCC1CCC(CN2N=C(c3ccc(F)cc3)C(c3ccccc3)C2C)CC1. The van der Waals surface area contributed by atoms with Crippen molar-refractivity contribution < 1.29 is 4.39 Å². The van der Waals surface area contributed by atoms with Gasteiger partial charge in [0.2, 0.25) is 0 Å². The molecule has 2 nitrogen and oxygen atoms in total. The van der Waals surface area contributed by atoms with Crippen molar-refractivity contribution in [1.29, 1.82) is 0 Å². The third-order valence-electron chi connectivity index (χ3n) is 6.89. The van der Waals surface area contributed by atoms with Gasteiger partial charge in [-0.15, -0.1) is 0 Å². The third-order valence-corrected chi connectivity index (χ3v) is 6.89. The van der Waals surface area contributed by atoms with E-state index in [-0.39, 0.29) is 11.7 Å². The lowest BCUT2D eigenvalue weighted by Crippen LogP contribution is -2.34. The Kier molecular flexibility index (Phi) is 6.32. The van der Waals surface area contributed by atoms with Crippen LogP contribution in [0.1, 0.15) is 69.4 Å². The smallest absolute Gasteiger partial charge is 0.123 e. The molecule has 2 aliphatic rings. The highest BCUT2D eigenvalue weighted by atomic mass is 19.1. The number of benzene rings is 2. The average Bonchev–Trinajstić information content (AvgIpc) is 3.07. The molecule has 0 spiro atoms. The van der Waals surface area contributed by atoms with Gasteiger partial charge in [-0.3, -0.25) is 5.01 Å². The summed E-state index contributed by atoms with van der Waals surface area (Å²) in [6, 6.07) is 17.8. The van der Waals surface area contributed by atoms with E-state index in [9.17, 15) is 4.39 Å². The van der Waals surface area contributed by atoms with E-state index < -0.39 is 0 Å². The molecular weight excluding hydrogens is 359 g/mol. The third kappa shape index (κ3) is 4.55. The maximum atomic E-state index is 13.5. The van der Waals surface area contributed by atoms with Gasteiger partial charge in [-0.1, -0.05) is 75.1 Å². The minimum atomic E-state index is -0.197. The molecule has 0 aromatic heterocycles. The second kappa shape index (κ2) is 9.11. The molecule has 0 N–H and O–H groups in total. The average molecular weight is 393 g/mol. The molecule has 0 radical (unpaired) electrons. The predicted molar refractivity (Wildman–Crippen MR) is 119 cm³/mol. The Morgan fingerprint density at radius 2 is 1.59 bits per heavy atom. The van der Waals surface area contributed by atoms with Gasteiger partial charge in [-0.05, 0) is 54.9 Å². The monoisotopic (exact) mass is 392 g/mol. The largest absolute Gasteiger partial charge is 0.293 e. The van der Waals surface area contributed by atoms with E-state index in [0.29, 0.717) is 6.04 Å². The van der Waals surface area contributed by atoms with Crippen LogP contribution < -0.4 is 0 Å². The summed E-state index contributed by atoms with van der Waals surface area (Å²) in [5, 5.41) is 7.42. The van der Waals surface area contributed by atoms with Crippen molar-refractivity contribution in [1.82, 2.24) is 5.01 Å². The summed E-state index contributed by atoms with van der Waals surface area (Å²) in [5.74, 6) is 1.69. The molecule has 2 unspecified atom stereocenters. The van der Waals surface area contributed by atoms with Crippen molar-refractivity contribution in [2.75, 3.05) is 6.54 Å². The van der Waals surface area contributed by atoms with E-state index in [2.05, 4.69) is 49.2 Å². The fourth-order valence-corrected chi connectivity index (χ4v) is 5.23. The van der Waals surface area contributed by atoms with Gasteiger partial charge in [-0.2, -0.15) is 5.10 Å². The van der Waals surface area contributed by atoms with Crippen molar-refractivity contribution >= 4 is 5.71 Å². The molecule has 0 amide bonds. The fraction of sp³-hybridized carbons (Fsp3) is 0.500. The first-order valence-corrected chi connectivity index (χ1v) is 11.3. The zero-order valence-corrected chi connectivity index (χ0v) is 17.7. The number of hydrazone groups is 1. The van der Waals surface area contributed by atoms with Gasteiger partial charge < -0.3 is 0 Å². The van der Waals surface area contributed by atoms with Gasteiger partial charge in [0.25, 0.3) is 0 Å². The summed E-state index contributed by atoms with van der Waals surface area (Å²) >= 11 is 0. The van der Waals surface area contributed by atoms with Gasteiger partial charge in [0.05, 0.1) is 17.7 Å². The zero-order chi connectivity index (χ0) is 20.2. The first-order chi connectivity index (χ1) is 14.2. The van der Waals surface area contributed by atoms with Crippen molar-refractivity contribution in [3.63, 3.8) is 0 Å². The predicted octanol–water partition coefficient (Wildman–Crippen LogP) is 6.62. The molecule has 1 saturated carbocycles. The van der Waals surface area contributed by atoms with Crippen LogP contribution >= 0.6 is 0 Å². The Morgan fingerprint density at radius 3 is 2.24 bits per heavy atom. The lowest BCUT2D eigenvalue weighted by atomic mass is 9.79. The minimum Gasteiger partial charge on any atom is -0.293 e. The Morgan fingerprint density at radius 1 is 0.931 bits per heavy atom. The van der Waals surface area contributed by atoms with Crippen molar-refractivity contribution in [3.8, 4) is 0 Å². The molecule has 154 valence electrons. The number of hydrogen-bond donors (Lipinski definition) is 0. The quantitative estimate of drug-likeness (QED) is 0.539. The zero-order valence-electron chi connectivity index (χ0n) is 17.7. The lowest BCUT2D eigenvalue weighted by Gasteiger charge is -2.33. The Bertz CT molecular complexity index is 806. The van der Waals surface area contributed by atoms with E-state index in [1.54, 1.807) is 12.1 Å². The van der Waals surface area contributed by atoms with Gasteiger partial charge >= 0.3 is 0 Å². The Hall–Kier alpha value is -2.16. The van der Waals surface area contributed by atoms with Crippen molar-refractivity contribution in [2.45, 2.75) is 64.3 Å². The minimum absolute atomic E-state index is 0.197. The van der Waals surface area contributed by atoms with E-state index in [1.807, 2.05) is 12.1 Å². The van der Waals surface area contributed by atoms with Crippen LogP contribution in [0.25, 0.3) is 0 Å². The first kappa shape index (κ1) is 20.1. The van der Waals surface area contributed by atoms with Crippen LogP contribution in [0.3, 0.4) is 0 Å². The van der Waals surface area contributed by atoms with Crippen LogP contribution in [0.2, 0.25) is 0 Å². The van der Waals surface area contributed by atoms with E-state index in [0.717, 1.165) is 29.7 Å². The molecule has 0 bridgehead atoms. The van der Waals surface area contributed by atoms with E-state index in [4.69, 9.17) is 5.10 Å². The summed E-state index contributed by atoms with van der Waals surface area (Å²) < 4.78 is 13.5. The summed E-state index contributed by atoms with van der Waals surface area (Å²) in [6.45, 7) is 5.63. The Labute approximate surface area is 174 Å². The molecule has 1 aliphatic carbocycles. The molecule has 1 heterocycles. The number of hydrogen-bond acceptors (Lipinski definition) is 2. The second-order valence-electron chi connectivity index (χ2n) is 8.92. The van der Waals surface area contributed by atoms with Crippen molar-refractivity contribution in [3.05, 3.63) is 71.5 Å². The lowest BCUT2D eigenvalue weighted by molar-refractivity contribution is 0.156. The standard InChI is InChI=1S/C26H33FN2/c1-3-7-20-10-12-21(13-11-20)18-29-19(2)25(22-8-5-4-6-9-22)26(28-29)23-14-16-24(27)17-15-23/h4-6,8-9,14-17,19-21,25H,3,7,10-13,18H2,1-2H3. The molecule has 1 aliphatic heterocycles. The summed E-state index contributed by atoms with van der Waals surface area (Å²) in [7, 11) is 0. The maximum absolute atomic E-state index is 13.5. The number of rotatable bonds is 6. The van der Waals surface area contributed by atoms with Gasteiger partial charge in [-0.25, -0.2) is 4.39 Å². The fourth-order valence-electron chi connectivity index (χ4n) is 5.23. The van der Waals surface area contributed by atoms with E-state index in [1.165, 1.54) is 44.1 Å². The molecule has 2 atom stereocenters. The topological polar surface area (TPSA) is 15.6 Å². The summed E-state index contributed by atoms with van der Waals surface area (Å²) in [4.78, 5) is 0. The summed E-state index contributed by atoms with van der Waals surface area (Å²) in [6.07, 6.45) is 8.09. The van der Waals surface area contributed by atoms with Crippen LogP contribution in [0.15, 0.2) is 59.7 Å². The Balaban J connectivity index is 1.54. The van der Waals surface area contributed by atoms with E-state index >= 15 is 0 Å². The van der Waals surface area contributed by atoms with Gasteiger partial charge in [0, 0.05) is 6.54 Å². The highest BCUT2D eigenvalue weighted by molar-refractivity contribution is 6.06. The molecule has 3 heteroatoms. The van der Waals surface area contributed by atoms with Crippen LogP contribution in [-0.2, 0) is 0 Å². The highest BCUT2D eigenvalue weighted by Gasteiger charge is 2.37. The number of halogens is 1. The van der Waals surface area contributed by atoms with Crippen LogP contribution in [0.4, 0.5) is 4.39 Å². The molecule has 29 heavy (non-hydrogen) atoms. The molecule has 2 aromatic carbocycles. The maximum Gasteiger partial charge on any atom is 0.123 e. The molecule has 1 fully saturated rings. The van der Waals surface area contributed by atoms with Crippen LogP contribution in [-0.4, -0.2) is 23.3 Å². The molecule has 0 saturated heterocycles. The van der Waals surface area contributed by atoms with Crippen LogP contribution in [0.5, 0.6) is 0 Å². The summed E-state index contributed by atoms with van der Waals surface area (Å²) in [5.41, 5.74) is 3.39. The van der Waals surface area contributed by atoms with Crippen LogP contribution in [0, 0.1) is 17.7 Å². The number of nitrogens with zero attached hydrogens (tertiary/aromatic N) is 2. The molecule has 2 aromatic rings. The second-order valence-corrected chi connectivity index (χ2v) is 8.92. The molecular formula is C26H33FN2. The van der Waals surface area contributed by atoms with Gasteiger partial charge in [0.1, 0.15) is 5.82 Å². The first-order valence-electron chi connectivity index (χ1n) is 11.3. The van der Waals surface area contributed by atoms with Gasteiger partial charge in [0.15, 0.2) is 0 Å². The molecule has 4 rings (SSSR count). The normalized spacial score (nSPS) is 27.1. The van der Waals surface area contributed by atoms with Crippen molar-refractivity contribution in [2.24, 2.45) is 16.9 Å².